The molecule has 0 unspecified atom stereocenters. The van der Waals surface area contributed by atoms with Gasteiger partial charge in [0.25, 0.3) is 0 Å². The third-order valence-corrected chi connectivity index (χ3v) is 14.0. The van der Waals surface area contributed by atoms with Gasteiger partial charge in [-0.25, -0.2) is 8.78 Å². The van der Waals surface area contributed by atoms with E-state index in [1.165, 1.54) is 153 Å². The average molecular weight is 1210 g/mol. The number of aryl methyl sites for hydroxylation is 8. The van der Waals surface area contributed by atoms with Gasteiger partial charge >= 0.3 is 0 Å². The molecule has 9 rings (SSSR count). The van der Waals surface area contributed by atoms with Crippen LogP contribution in [0.25, 0.3) is 0 Å². The van der Waals surface area contributed by atoms with Crippen LogP contribution in [0.1, 0.15) is 180 Å². The SMILES string of the molecule is CCC1CCOCC1.CCCCc1ccc(Cl)cc1.CCCCc1ccc(F)cc1.CCCCc1ccccc1.CCCc1ccc(Cl)cc1.CCCc1ccc(F)cc1.CCCc1ccccc1.Cc1ccc(C(N)=O)cc1.Cc1ccncc1. The Morgan fingerprint density at radius 3 is 1.03 bits per heavy atom. The molecule has 0 spiro atoms. The summed E-state index contributed by atoms with van der Waals surface area (Å²) in [6.45, 7) is 21.3. The third-order valence-electron chi connectivity index (χ3n) is 13.5. The quantitative estimate of drug-likeness (QED) is 0.0988. The molecule has 2 N–H and O–H groups in total. The number of hydrogen-bond acceptors (Lipinski definition) is 3. The summed E-state index contributed by atoms with van der Waals surface area (Å²) < 4.78 is 29.9. The molecule has 0 saturated carbocycles. The van der Waals surface area contributed by atoms with Gasteiger partial charge in [0.05, 0.1) is 0 Å². The van der Waals surface area contributed by atoms with Gasteiger partial charge < -0.3 is 10.5 Å². The topological polar surface area (TPSA) is 65.2 Å². The van der Waals surface area contributed by atoms with E-state index < -0.39 is 0 Å². The van der Waals surface area contributed by atoms with Crippen molar-refractivity contribution in [3.8, 4) is 0 Å². The molecule has 0 radical (unpaired) electrons. The number of ether oxygens (including phenoxy) is 1. The molecule has 466 valence electrons. The van der Waals surface area contributed by atoms with Crippen molar-refractivity contribution in [3.05, 3.63) is 278 Å². The summed E-state index contributed by atoms with van der Waals surface area (Å²) in [6, 6.07) is 61.9. The zero-order valence-electron chi connectivity index (χ0n) is 53.7. The lowest BCUT2D eigenvalue weighted by atomic mass is 9.98. The van der Waals surface area contributed by atoms with E-state index in [0.717, 1.165) is 60.4 Å². The van der Waals surface area contributed by atoms with Gasteiger partial charge in [0.1, 0.15) is 11.6 Å². The van der Waals surface area contributed by atoms with Gasteiger partial charge in [-0.2, -0.15) is 0 Å². The van der Waals surface area contributed by atoms with Crippen molar-refractivity contribution in [1.29, 1.82) is 0 Å². The molecule has 1 aliphatic heterocycles. The summed E-state index contributed by atoms with van der Waals surface area (Å²) in [5, 5.41) is 1.64. The fourth-order valence-electron chi connectivity index (χ4n) is 8.20. The number of hydrogen-bond donors (Lipinski definition) is 1. The number of nitrogens with zero attached hydrogens (tertiary/aromatic N) is 1. The molecule has 2 heterocycles. The first-order valence-corrected chi connectivity index (χ1v) is 32.3. The lowest BCUT2D eigenvalue weighted by Gasteiger charge is -2.19. The number of nitrogens with two attached hydrogens (primary N) is 1. The Morgan fingerprint density at radius 1 is 0.430 bits per heavy atom. The highest BCUT2D eigenvalue weighted by atomic mass is 35.5. The molecule has 1 saturated heterocycles. The van der Waals surface area contributed by atoms with Crippen molar-refractivity contribution in [2.45, 2.75) is 178 Å². The second-order valence-electron chi connectivity index (χ2n) is 21.3. The second-order valence-corrected chi connectivity index (χ2v) is 22.1. The van der Waals surface area contributed by atoms with Crippen LogP contribution < -0.4 is 5.73 Å². The van der Waals surface area contributed by atoms with Crippen LogP contribution in [-0.2, 0) is 43.3 Å². The molecule has 86 heavy (non-hydrogen) atoms. The summed E-state index contributed by atoms with van der Waals surface area (Å²) in [5.74, 6) is 0.286. The van der Waals surface area contributed by atoms with Crippen LogP contribution in [0.3, 0.4) is 0 Å². The molecule has 1 amide bonds. The van der Waals surface area contributed by atoms with Crippen LogP contribution in [0.4, 0.5) is 8.78 Å². The average Bonchev–Trinajstić information content (AvgIpc) is 3.55. The van der Waals surface area contributed by atoms with Crippen LogP contribution in [0, 0.1) is 31.4 Å². The Labute approximate surface area is 530 Å². The number of carbonyl (C=O) groups is 1. The summed E-state index contributed by atoms with van der Waals surface area (Å²) in [5.41, 5.74) is 16.1. The first kappa shape index (κ1) is 77.6. The second kappa shape index (κ2) is 52.9. The predicted molar refractivity (Wildman–Crippen MR) is 369 cm³/mol. The van der Waals surface area contributed by atoms with Crippen molar-refractivity contribution in [2.24, 2.45) is 11.7 Å². The van der Waals surface area contributed by atoms with E-state index in [1.807, 2.05) is 86.6 Å². The molecule has 1 fully saturated rings. The number of rotatable bonds is 17. The molecule has 0 bridgehead atoms. The maximum absolute atomic E-state index is 12.4. The van der Waals surface area contributed by atoms with Crippen molar-refractivity contribution in [3.63, 3.8) is 0 Å². The molecule has 0 aliphatic carbocycles. The largest absolute Gasteiger partial charge is 0.381 e. The molecule has 8 aromatic rings. The highest BCUT2D eigenvalue weighted by Gasteiger charge is 2.10. The number of amides is 1. The van der Waals surface area contributed by atoms with E-state index in [0.29, 0.717) is 5.56 Å². The van der Waals surface area contributed by atoms with Crippen molar-refractivity contribution in [1.82, 2.24) is 4.98 Å². The van der Waals surface area contributed by atoms with Gasteiger partial charge in [-0.05, 0) is 202 Å². The Balaban J connectivity index is 0.000000485. The predicted octanol–water partition coefficient (Wildman–Crippen LogP) is 22.9. The highest BCUT2D eigenvalue weighted by molar-refractivity contribution is 6.30. The van der Waals surface area contributed by atoms with Gasteiger partial charge in [0.2, 0.25) is 5.91 Å². The maximum Gasteiger partial charge on any atom is 0.248 e. The summed E-state index contributed by atoms with van der Waals surface area (Å²) in [4.78, 5) is 14.4. The molecule has 0 atom stereocenters. The van der Waals surface area contributed by atoms with Gasteiger partial charge in [0, 0.05) is 41.2 Å². The number of benzene rings is 7. The number of pyridine rings is 1. The number of carbonyl (C=O) groups excluding carboxylic acids is 1. The molecule has 1 aromatic heterocycles. The molecular weight excluding hydrogens is 1110 g/mol. The lowest BCUT2D eigenvalue weighted by molar-refractivity contribution is 0.0654. The van der Waals surface area contributed by atoms with Crippen LogP contribution in [0.15, 0.2) is 207 Å². The van der Waals surface area contributed by atoms with Crippen LogP contribution in [0.2, 0.25) is 10.0 Å². The number of aromatic nitrogens is 1. The number of halogens is 4. The standard InChI is InChI=1S/C10H13Cl.C10H13F.C10H14.C9H11Cl.C9H11F.C9H12.C8H9NO.C7H14O.C6H7N/c2*1-2-3-4-9-5-7-10(11)8-6-9;1-2-3-7-10-8-5-4-6-9-10;2*1-2-3-8-4-6-9(10)7-5-8;1-2-6-9-7-4-3-5-8-9;1-6-2-4-7(5-3-6)8(9)10;1-2-7-3-5-8-6-4-7;1-6-2-4-7-5-3-6/h2*5-8H,2-4H2,1H3;4-6,8-9H,2-3,7H2,1H3;2*4-7H,2-3H2,1H3;3-5,7-8H,2,6H2,1H3;2-5H,1H3,(H2,9,10);7H,2-6H2,1H3;2-5H,1H3. The Hall–Kier alpha value is -6.44. The minimum Gasteiger partial charge on any atom is -0.381 e. The minimum absolute atomic E-state index is 0.148. The third kappa shape index (κ3) is 43.2. The van der Waals surface area contributed by atoms with Crippen LogP contribution in [0.5, 0.6) is 0 Å². The number of primary amides is 1. The smallest absolute Gasteiger partial charge is 0.248 e. The van der Waals surface area contributed by atoms with Crippen LogP contribution >= 0.6 is 23.2 Å². The minimum atomic E-state index is -0.375. The van der Waals surface area contributed by atoms with Gasteiger partial charge in [-0.3, -0.25) is 9.78 Å². The molecule has 8 heteroatoms. The number of unbranched alkanes of at least 4 members (excludes halogenated alkanes) is 3. The Bertz CT molecular complexity index is 2660. The Morgan fingerprint density at radius 2 is 0.744 bits per heavy atom. The van der Waals surface area contributed by atoms with E-state index in [4.69, 9.17) is 33.7 Å². The first-order chi connectivity index (χ1) is 41.7. The molecule has 4 nitrogen and oxygen atoms in total. The van der Waals surface area contributed by atoms with E-state index in [2.05, 4.69) is 138 Å². The fraction of sp³-hybridized carbons (Fsp3) is 0.385. The monoisotopic (exact) mass is 1210 g/mol. The lowest BCUT2D eigenvalue weighted by Crippen LogP contribution is -2.14. The summed E-state index contributed by atoms with van der Waals surface area (Å²) >= 11 is 11.5. The van der Waals surface area contributed by atoms with E-state index in [-0.39, 0.29) is 17.5 Å². The van der Waals surface area contributed by atoms with Gasteiger partial charge in [-0.15, -0.1) is 0 Å². The Kier molecular flexibility index (Phi) is 47.7. The highest BCUT2D eigenvalue weighted by Crippen LogP contribution is 2.17. The van der Waals surface area contributed by atoms with Crippen molar-refractivity contribution < 1.29 is 18.3 Å². The van der Waals surface area contributed by atoms with Gasteiger partial charge in [-0.1, -0.05) is 244 Å². The molecule has 1 aliphatic rings. The van der Waals surface area contributed by atoms with Gasteiger partial charge in [0.15, 0.2) is 0 Å². The summed E-state index contributed by atoms with van der Waals surface area (Å²) in [7, 11) is 0. The summed E-state index contributed by atoms with van der Waals surface area (Å²) in [6.07, 6.45) is 25.4. The van der Waals surface area contributed by atoms with E-state index in [1.54, 1.807) is 24.5 Å². The van der Waals surface area contributed by atoms with Crippen LogP contribution in [-0.4, -0.2) is 24.1 Å². The first-order valence-electron chi connectivity index (χ1n) is 31.6. The zero-order chi connectivity index (χ0) is 63.3. The maximum atomic E-state index is 12.4. The van der Waals surface area contributed by atoms with Crippen molar-refractivity contribution in [2.75, 3.05) is 13.2 Å². The zero-order valence-corrected chi connectivity index (χ0v) is 55.2. The normalized spacial score (nSPS) is 10.9. The fourth-order valence-corrected chi connectivity index (χ4v) is 8.45. The van der Waals surface area contributed by atoms with Crippen molar-refractivity contribution >= 4 is 29.1 Å². The van der Waals surface area contributed by atoms with E-state index >= 15 is 0 Å². The molecular formula is C78H104Cl2F2N2O2. The van der Waals surface area contributed by atoms with E-state index in [9.17, 15) is 13.6 Å². The molecule has 7 aromatic carbocycles.